The molecule has 0 saturated carbocycles. The standard InChI is InChI=1S/C14H23N3OS/c1-4-11-9-16-13(19-11)10(3)17-8-6-7-12(14(17)18)15-5-2/h9-10,12,15H,4-8H2,1-3H3. The van der Waals surface area contributed by atoms with Gasteiger partial charge in [-0.15, -0.1) is 11.3 Å². The maximum absolute atomic E-state index is 12.4. The molecule has 1 aromatic heterocycles. The third-order valence-electron chi connectivity index (χ3n) is 3.67. The first kappa shape index (κ1) is 14.5. The molecule has 0 aromatic carbocycles. The predicted molar refractivity (Wildman–Crippen MR) is 78.3 cm³/mol. The van der Waals surface area contributed by atoms with Crippen molar-refractivity contribution in [3.05, 3.63) is 16.1 Å². The number of nitrogens with zero attached hydrogens (tertiary/aromatic N) is 2. The smallest absolute Gasteiger partial charge is 0.240 e. The summed E-state index contributed by atoms with van der Waals surface area (Å²) in [4.78, 5) is 20.2. The van der Waals surface area contributed by atoms with Crippen molar-refractivity contribution in [2.45, 2.75) is 52.1 Å². The maximum Gasteiger partial charge on any atom is 0.240 e. The first-order valence-electron chi connectivity index (χ1n) is 7.15. The summed E-state index contributed by atoms with van der Waals surface area (Å²) in [6.07, 6.45) is 4.97. The number of likely N-dealkylation sites (N-methyl/N-ethyl adjacent to an activating group) is 1. The molecule has 1 saturated heterocycles. The molecule has 4 nitrogen and oxygen atoms in total. The van der Waals surface area contributed by atoms with Crippen LogP contribution in [-0.2, 0) is 11.2 Å². The second-order valence-electron chi connectivity index (χ2n) is 4.98. The lowest BCUT2D eigenvalue weighted by molar-refractivity contribution is -0.138. The number of thiazole rings is 1. The van der Waals surface area contributed by atoms with E-state index in [0.29, 0.717) is 0 Å². The van der Waals surface area contributed by atoms with Gasteiger partial charge in [-0.05, 0) is 32.7 Å². The minimum absolute atomic E-state index is 0.00759. The molecule has 106 valence electrons. The zero-order chi connectivity index (χ0) is 13.8. The first-order valence-corrected chi connectivity index (χ1v) is 7.97. The number of carbonyl (C=O) groups is 1. The highest BCUT2D eigenvalue weighted by Gasteiger charge is 2.32. The van der Waals surface area contributed by atoms with Crippen molar-refractivity contribution in [2.24, 2.45) is 0 Å². The number of amides is 1. The van der Waals surface area contributed by atoms with Crippen LogP contribution in [-0.4, -0.2) is 34.9 Å². The number of nitrogens with one attached hydrogen (secondary N) is 1. The van der Waals surface area contributed by atoms with Crippen LogP contribution in [0.25, 0.3) is 0 Å². The van der Waals surface area contributed by atoms with Crippen LogP contribution in [0.2, 0.25) is 0 Å². The second-order valence-corrected chi connectivity index (χ2v) is 6.13. The van der Waals surface area contributed by atoms with Crippen LogP contribution in [0.5, 0.6) is 0 Å². The van der Waals surface area contributed by atoms with Gasteiger partial charge in [-0.25, -0.2) is 4.98 Å². The van der Waals surface area contributed by atoms with E-state index in [1.807, 2.05) is 18.0 Å². The Bertz CT molecular complexity index is 430. The topological polar surface area (TPSA) is 45.2 Å². The van der Waals surface area contributed by atoms with Crippen molar-refractivity contribution in [1.29, 1.82) is 0 Å². The number of likely N-dealkylation sites (tertiary alicyclic amines) is 1. The summed E-state index contributed by atoms with van der Waals surface area (Å²) >= 11 is 1.73. The largest absolute Gasteiger partial charge is 0.332 e. The Morgan fingerprint density at radius 3 is 3.00 bits per heavy atom. The van der Waals surface area contributed by atoms with Crippen molar-refractivity contribution >= 4 is 17.2 Å². The molecule has 2 rings (SSSR count). The maximum atomic E-state index is 12.4. The van der Waals surface area contributed by atoms with Crippen LogP contribution in [0.4, 0.5) is 0 Å². The van der Waals surface area contributed by atoms with Gasteiger partial charge in [-0.2, -0.15) is 0 Å². The average molecular weight is 281 g/mol. The van der Waals surface area contributed by atoms with Crippen molar-refractivity contribution in [1.82, 2.24) is 15.2 Å². The number of rotatable bonds is 5. The quantitative estimate of drug-likeness (QED) is 0.901. The van der Waals surface area contributed by atoms with E-state index in [1.54, 1.807) is 11.3 Å². The molecule has 0 aliphatic carbocycles. The van der Waals surface area contributed by atoms with Crippen molar-refractivity contribution < 1.29 is 4.79 Å². The van der Waals surface area contributed by atoms with Crippen LogP contribution in [0.15, 0.2) is 6.20 Å². The Balaban J connectivity index is 2.09. The van der Waals surface area contributed by atoms with E-state index in [1.165, 1.54) is 4.88 Å². The molecule has 1 N–H and O–H groups in total. The summed E-state index contributed by atoms with van der Waals surface area (Å²) in [7, 11) is 0. The van der Waals surface area contributed by atoms with Gasteiger partial charge in [0.2, 0.25) is 5.91 Å². The number of hydrogen-bond acceptors (Lipinski definition) is 4. The number of aromatic nitrogens is 1. The molecule has 1 aromatic rings. The summed E-state index contributed by atoms with van der Waals surface area (Å²) in [5.74, 6) is 0.230. The summed E-state index contributed by atoms with van der Waals surface area (Å²) in [6, 6.07) is 0.0889. The zero-order valence-electron chi connectivity index (χ0n) is 12.0. The SMILES string of the molecule is CCNC1CCCN(C(C)c2ncc(CC)s2)C1=O. The normalized spacial score (nSPS) is 21.7. The van der Waals surface area contributed by atoms with Crippen LogP contribution < -0.4 is 5.32 Å². The number of piperidine rings is 1. The molecule has 1 aliphatic heterocycles. The van der Waals surface area contributed by atoms with E-state index in [-0.39, 0.29) is 18.0 Å². The molecular weight excluding hydrogens is 258 g/mol. The number of hydrogen-bond donors (Lipinski definition) is 1. The van der Waals surface area contributed by atoms with Gasteiger partial charge in [0.05, 0.1) is 12.1 Å². The van der Waals surface area contributed by atoms with Gasteiger partial charge in [0.1, 0.15) is 5.01 Å². The molecule has 0 spiro atoms. The van der Waals surface area contributed by atoms with E-state index < -0.39 is 0 Å². The van der Waals surface area contributed by atoms with Gasteiger partial charge in [0.15, 0.2) is 0 Å². The number of carbonyl (C=O) groups excluding carboxylic acids is 1. The van der Waals surface area contributed by atoms with Crippen LogP contribution in [0.3, 0.4) is 0 Å². The van der Waals surface area contributed by atoms with E-state index in [0.717, 1.165) is 37.4 Å². The minimum Gasteiger partial charge on any atom is -0.332 e. The monoisotopic (exact) mass is 281 g/mol. The molecule has 1 amide bonds. The Labute approximate surface area is 119 Å². The third kappa shape index (κ3) is 3.15. The molecule has 0 bridgehead atoms. The lowest BCUT2D eigenvalue weighted by Crippen LogP contribution is -2.51. The molecule has 1 aliphatic rings. The highest BCUT2D eigenvalue weighted by molar-refractivity contribution is 7.11. The molecule has 1 fully saturated rings. The van der Waals surface area contributed by atoms with E-state index >= 15 is 0 Å². The fraction of sp³-hybridized carbons (Fsp3) is 0.714. The summed E-state index contributed by atoms with van der Waals surface area (Å²) in [5.41, 5.74) is 0. The minimum atomic E-state index is -0.00759. The van der Waals surface area contributed by atoms with Gasteiger partial charge >= 0.3 is 0 Å². The Kier molecular flexibility index (Phi) is 4.93. The van der Waals surface area contributed by atoms with E-state index in [4.69, 9.17) is 0 Å². The molecule has 5 heteroatoms. The summed E-state index contributed by atoms with van der Waals surface area (Å²) in [5, 5.41) is 4.34. The van der Waals surface area contributed by atoms with Gasteiger partial charge in [-0.1, -0.05) is 13.8 Å². The predicted octanol–water partition coefficient (Wildman–Crippen LogP) is 2.37. The Hall–Kier alpha value is -0.940. The third-order valence-corrected chi connectivity index (χ3v) is 4.98. The fourth-order valence-electron chi connectivity index (χ4n) is 2.53. The molecule has 2 heterocycles. The van der Waals surface area contributed by atoms with Crippen LogP contribution in [0, 0.1) is 0 Å². The lowest BCUT2D eigenvalue weighted by atomic mass is 10.0. The van der Waals surface area contributed by atoms with E-state index in [2.05, 4.69) is 24.1 Å². The average Bonchev–Trinajstić information content (AvgIpc) is 2.89. The van der Waals surface area contributed by atoms with E-state index in [9.17, 15) is 4.79 Å². The lowest BCUT2D eigenvalue weighted by Gasteiger charge is -2.36. The molecule has 2 unspecified atom stereocenters. The summed E-state index contributed by atoms with van der Waals surface area (Å²) < 4.78 is 0. The van der Waals surface area contributed by atoms with Gasteiger partial charge in [0, 0.05) is 17.6 Å². The summed E-state index contributed by atoms with van der Waals surface area (Å²) in [6.45, 7) is 7.96. The zero-order valence-corrected chi connectivity index (χ0v) is 12.8. The fourth-order valence-corrected chi connectivity index (χ4v) is 3.45. The molecular formula is C14H23N3OS. The van der Waals surface area contributed by atoms with Gasteiger partial charge in [-0.3, -0.25) is 4.79 Å². The van der Waals surface area contributed by atoms with Crippen molar-refractivity contribution in [2.75, 3.05) is 13.1 Å². The van der Waals surface area contributed by atoms with Gasteiger partial charge < -0.3 is 10.2 Å². The van der Waals surface area contributed by atoms with Crippen molar-refractivity contribution in [3.63, 3.8) is 0 Å². The second kappa shape index (κ2) is 6.48. The van der Waals surface area contributed by atoms with Crippen LogP contribution >= 0.6 is 11.3 Å². The molecule has 19 heavy (non-hydrogen) atoms. The highest BCUT2D eigenvalue weighted by Crippen LogP contribution is 2.28. The van der Waals surface area contributed by atoms with Gasteiger partial charge in [0.25, 0.3) is 0 Å². The van der Waals surface area contributed by atoms with Crippen molar-refractivity contribution in [3.8, 4) is 0 Å². The highest BCUT2D eigenvalue weighted by atomic mass is 32.1. The Morgan fingerprint density at radius 2 is 2.37 bits per heavy atom. The Morgan fingerprint density at radius 1 is 1.58 bits per heavy atom. The van der Waals surface area contributed by atoms with Crippen LogP contribution in [0.1, 0.15) is 49.5 Å². The molecule has 0 radical (unpaired) electrons. The number of aryl methyl sites for hydroxylation is 1. The molecule has 2 atom stereocenters. The first-order chi connectivity index (χ1) is 9.17.